The molecular weight excluding hydrogens is 428 g/mol. The normalized spacial score (nSPS) is 16.5. The van der Waals surface area contributed by atoms with Crippen LogP contribution in [0.2, 0.25) is 49.8 Å². The maximum absolute atomic E-state index is 2.70. The Morgan fingerprint density at radius 3 is 1.06 bits per heavy atom. The lowest BCUT2D eigenvalue weighted by atomic mass is 9.12. The van der Waals surface area contributed by atoms with Gasteiger partial charge in [0, 0.05) is 0 Å². The van der Waals surface area contributed by atoms with Crippen LogP contribution in [0.15, 0.2) is 0 Å². The molecule has 1 unspecified atom stereocenters. The second kappa shape index (κ2) is 10.3. The van der Waals surface area contributed by atoms with Crippen LogP contribution in [0.5, 0.6) is 0 Å². The van der Waals surface area contributed by atoms with Crippen LogP contribution in [0.25, 0.3) is 0 Å². The summed E-state index contributed by atoms with van der Waals surface area (Å²) in [7, 11) is 7.99. The monoisotopic (exact) mass is 496 g/mol. The molecule has 0 saturated carbocycles. The Hall–Kier alpha value is 0.260. The van der Waals surface area contributed by atoms with Crippen LogP contribution in [0, 0.1) is 10.8 Å². The second-order valence-corrected chi connectivity index (χ2v) is 18.6. The summed E-state index contributed by atoms with van der Waals surface area (Å²) in [5.41, 5.74) is 0.469. The molecule has 0 fully saturated rings. The highest BCUT2D eigenvalue weighted by atomic mass is 14.4. The van der Waals surface area contributed by atoms with Crippen LogP contribution in [-0.4, -0.2) is 28.6 Å². The zero-order valence-electron chi connectivity index (χ0n) is 29.4. The number of rotatable bonds is 11. The summed E-state index contributed by atoms with van der Waals surface area (Å²) in [5, 5.41) is 0.788. The second-order valence-electron chi connectivity index (χ2n) is 18.6. The Morgan fingerprint density at radius 2 is 0.750 bits per heavy atom. The van der Waals surface area contributed by atoms with Crippen molar-refractivity contribution in [2.45, 2.75) is 195 Å². The molecule has 0 spiro atoms. The Labute approximate surface area is 234 Å². The molecule has 207 valence electrons. The van der Waals surface area contributed by atoms with Gasteiger partial charge in [0.05, 0.1) is 0 Å². The van der Waals surface area contributed by atoms with Crippen molar-refractivity contribution in [1.29, 1.82) is 0 Å². The Balaban J connectivity index is 6.07. The molecule has 36 heavy (non-hydrogen) atoms. The quantitative estimate of drug-likeness (QED) is 0.250. The number of hydrogen-bond donors (Lipinski definition) is 0. The fourth-order valence-electron chi connectivity index (χ4n) is 5.55. The molecule has 0 N–H and O–H groups in total. The van der Waals surface area contributed by atoms with Gasteiger partial charge in [-0.2, -0.15) is 0 Å². The summed E-state index contributed by atoms with van der Waals surface area (Å²) in [6, 6.07) is 0. The van der Waals surface area contributed by atoms with Crippen LogP contribution >= 0.6 is 0 Å². The van der Waals surface area contributed by atoms with Crippen molar-refractivity contribution in [3.05, 3.63) is 0 Å². The topological polar surface area (TPSA) is 0 Å². The van der Waals surface area contributed by atoms with Crippen molar-refractivity contribution < 1.29 is 0 Å². The highest BCUT2D eigenvalue weighted by Crippen LogP contribution is 2.66. The van der Waals surface area contributed by atoms with E-state index in [9.17, 15) is 0 Å². The largest absolute Gasteiger partial charge is 0.147 e. The van der Waals surface area contributed by atoms with E-state index in [1.54, 1.807) is 0 Å². The van der Waals surface area contributed by atoms with Crippen molar-refractivity contribution in [1.82, 2.24) is 0 Å². The fourth-order valence-corrected chi connectivity index (χ4v) is 5.55. The average molecular weight is 495 g/mol. The molecule has 0 aliphatic rings. The molecule has 0 amide bonds. The molecule has 1 atom stereocenters. The molecule has 0 aliphatic carbocycles. The minimum Gasteiger partial charge on any atom is -0.0853 e. The van der Waals surface area contributed by atoms with Gasteiger partial charge in [-0.25, -0.2) is 0 Å². The molecule has 0 bridgehead atoms. The molecule has 0 aromatic heterocycles. The van der Waals surface area contributed by atoms with E-state index in [4.69, 9.17) is 0 Å². The van der Waals surface area contributed by atoms with Crippen molar-refractivity contribution in [3.63, 3.8) is 0 Å². The lowest BCUT2D eigenvalue weighted by Gasteiger charge is -2.57. The third-order valence-corrected chi connectivity index (χ3v) is 12.7. The van der Waals surface area contributed by atoms with Crippen LogP contribution in [0.4, 0.5) is 0 Å². The lowest BCUT2D eigenvalue weighted by molar-refractivity contribution is 0.287. The smallest absolute Gasteiger partial charge is 0.0853 e. The molecule has 0 aliphatic heterocycles. The summed E-state index contributed by atoms with van der Waals surface area (Å²) in [6.45, 7) is 54.2. The Bertz CT molecular complexity index is 724. The summed E-state index contributed by atoms with van der Waals surface area (Å²) in [6.07, 6.45) is 0. The van der Waals surface area contributed by atoms with Gasteiger partial charge in [-0.1, -0.05) is 195 Å². The van der Waals surface area contributed by atoms with Crippen LogP contribution in [0.1, 0.15) is 145 Å². The highest BCUT2D eigenvalue weighted by molar-refractivity contribution is 6.68. The molecule has 0 rings (SSSR count). The third-order valence-electron chi connectivity index (χ3n) is 12.7. The minimum atomic E-state index is 0.0477. The first-order chi connectivity index (χ1) is 15.2. The van der Waals surface area contributed by atoms with Gasteiger partial charge < -0.3 is 0 Å². The molecule has 3 radical (unpaired) electrons. The zero-order valence-corrected chi connectivity index (χ0v) is 29.4. The van der Waals surface area contributed by atoms with Crippen molar-refractivity contribution in [2.75, 3.05) is 0 Å². The van der Waals surface area contributed by atoms with E-state index in [0.717, 1.165) is 0 Å². The van der Waals surface area contributed by atoms with E-state index in [2.05, 4.69) is 174 Å². The maximum atomic E-state index is 2.70. The summed E-state index contributed by atoms with van der Waals surface area (Å²) in [4.78, 5) is 0. The molecule has 0 nitrogen and oxygen atoms in total. The van der Waals surface area contributed by atoms with E-state index >= 15 is 0 Å². The van der Waals surface area contributed by atoms with Gasteiger partial charge in [0.15, 0.2) is 0 Å². The van der Waals surface area contributed by atoms with Crippen molar-refractivity contribution in [2.24, 2.45) is 10.8 Å². The van der Waals surface area contributed by atoms with Crippen LogP contribution in [0.3, 0.4) is 0 Å². The molecule has 0 aromatic carbocycles. The van der Waals surface area contributed by atoms with Gasteiger partial charge in [0.1, 0.15) is 28.6 Å². The zero-order chi connectivity index (χ0) is 29.8. The fraction of sp³-hybridized carbons (Fsp3) is 1.00. The summed E-state index contributed by atoms with van der Waals surface area (Å²) in [5.74, 6) is 0.516. The first-order valence-electron chi connectivity index (χ1n) is 14.8. The molecule has 0 aromatic rings. The average Bonchev–Trinajstić information content (AvgIpc) is 2.56. The van der Waals surface area contributed by atoms with E-state index in [1.165, 1.54) is 0 Å². The van der Waals surface area contributed by atoms with E-state index in [0.29, 0.717) is 12.5 Å². The van der Waals surface area contributed by atoms with Gasteiger partial charge in [-0.3, -0.25) is 0 Å². The molecule has 0 saturated heterocycles. The van der Waals surface area contributed by atoms with Crippen molar-refractivity contribution in [3.8, 4) is 0 Å². The third kappa shape index (κ3) is 7.46. The highest BCUT2D eigenvalue weighted by Gasteiger charge is 2.55. The van der Waals surface area contributed by atoms with Crippen LogP contribution < -0.4 is 0 Å². The first-order valence-corrected chi connectivity index (χ1v) is 14.8. The van der Waals surface area contributed by atoms with E-state index < -0.39 is 0 Å². The molecule has 0 heterocycles. The first kappa shape index (κ1) is 36.3. The summed E-state index contributed by atoms with van der Waals surface area (Å²) >= 11 is 0. The predicted octanol–water partition coefficient (Wildman–Crippen LogP) is 11.7. The number of hydrogen-bond acceptors (Lipinski definition) is 0. The van der Waals surface area contributed by atoms with Crippen molar-refractivity contribution >= 4 is 28.6 Å². The Kier molecular flexibility index (Phi) is 10.4. The van der Waals surface area contributed by atoms with Gasteiger partial charge in [0.2, 0.25) is 0 Å². The molecule has 4 heteroatoms. The van der Waals surface area contributed by atoms with Crippen LogP contribution in [-0.2, 0) is 0 Å². The Morgan fingerprint density at radius 1 is 0.444 bits per heavy atom. The standard InChI is InChI=1S/C32H67B4/c1-23(33-27(10,11)24(2,3)4)26(8,9)36(22)32(20,21)31(18,19)35-30(16,17)29(14,15)34-28(12,13)25(5,6)7/h23H,1-22H3. The minimum absolute atomic E-state index is 0.0477. The SMILES string of the molecule is CB(C(C)(C)C(C)[B]C(C)(C)C(C)(C)C)C(C)(C)C(C)(C)[B]C(C)(C)C(C)(C)[B]C(C)(C)C(C)(C)C. The predicted molar refractivity (Wildman–Crippen MR) is 176 cm³/mol. The summed E-state index contributed by atoms with van der Waals surface area (Å²) < 4.78 is 0. The van der Waals surface area contributed by atoms with Gasteiger partial charge in [-0.15, -0.1) is 0 Å². The van der Waals surface area contributed by atoms with Gasteiger partial charge in [-0.05, 0) is 10.8 Å². The maximum Gasteiger partial charge on any atom is 0.147 e. The van der Waals surface area contributed by atoms with E-state index in [-0.39, 0.29) is 48.0 Å². The van der Waals surface area contributed by atoms with Gasteiger partial charge >= 0.3 is 0 Å². The molecular formula is C32H67B4. The lowest BCUT2D eigenvalue weighted by Crippen LogP contribution is -2.49. The van der Waals surface area contributed by atoms with E-state index in [1.807, 2.05) is 0 Å². The van der Waals surface area contributed by atoms with Gasteiger partial charge in [0.25, 0.3) is 0 Å².